The van der Waals surface area contributed by atoms with Gasteiger partial charge in [0.25, 0.3) is 5.91 Å². The van der Waals surface area contributed by atoms with Crippen molar-refractivity contribution in [3.05, 3.63) is 107 Å². The number of nitrogens with one attached hydrogen (secondary N) is 1. The zero-order chi connectivity index (χ0) is 22.3. The van der Waals surface area contributed by atoms with E-state index < -0.39 is 0 Å². The Morgan fingerprint density at radius 1 is 0.938 bits per heavy atom. The number of ether oxygens (including phenoxy) is 2. The maximum Gasteiger partial charge on any atom is 0.271 e. The van der Waals surface area contributed by atoms with E-state index in [0.29, 0.717) is 17.1 Å². The molecule has 4 aromatic carbocycles. The number of halogens is 1. The Kier molecular flexibility index (Phi) is 6.41. The zero-order valence-electron chi connectivity index (χ0n) is 17.4. The Hall–Kier alpha value is -4.19. The standard InChI is InChI=1S/C26H21FN2O3/c1-31-25-14-19(8-13-24(25)32-17-18-6-11-23(27)12-7-18)16-28-29-26(30)22-10-9-20-4-2-3-5-21(20)15-22/h2-16H,17H2,1H3,(H,29,30)/b28-16-. The summed E-state index contributed by atoms with van der Waals surface area (Å²) in [5.41, 5.74) is 4.65. The first-order valence-corrected chi connectivity index (χ1v) is 10.00. The number of hydrogen-bond acceptors (Lipinski definition) is 4. The molecule has 1 N–H and O–H groups in total. The third-order valence-corrected chi connectivity index (χ3v) is 4.89. The van der Waals surface area contributed by atoms with Crippen molar-refractivity contribution in [2.24, 2.45) is 5.10 Å². The lowest BCUT2D eigenvalue weighted by Crippen LogP contribution is -2.17. The summed E-state index contributed by atoms with van der Waals surface area (Å²) in [6, 6.07) is 24.8. The number of carbonyl (C=O) groups excluding carboxylic acids is 1. The number of rotatable bonds is 7. The summed E-state index contributed by atoms with van der Waals surface area (Å²) in [7, 11) is 1.54. The smallest absolute Gasteiger partial charge is 0.271 e. The summed E-state index contributed by atoms with van der Waals surface area (Å²) in [4.78, 5) is 12.4. The largest absolute Gasteiger partial charge is 0.493 e. The van der Waals surface area contributed by atoms with Crippen LogP contribution >= 0.6 is 0 Å². The molecule has 0 saturated heterocycles. The SMILES string of the molecule is COc1cc(/C=N\NC(=O)c2ccc3ccccc3c2)ccc1OCc1ccc(F)cc1. The molecule has 0 unspecified atom stereocenters. The molecule has 4 aromatic rings. The first-order valence-electron chi connectivity index (χ1n) is 10.00. The van der Waals surface area contributed by atoms with Crippen LogP contribution in [0.3, 0.4) is 0 Å². The lowest BCUT2D eigenvalue weighted by atomic mass is 10.1. The second kappa shape index (κ2) is 9.75. The number of hydrogen-bond donors (Lipinski definition) is 1. The van der Waals surface area contributed by atoms with Gasteiger partial charge in [0.15, 0.2) is 11.5 Å². The van der Waals surface area contributed by atoms with Crippen LogP contribution in [0, 0.1) is 5.82 Å². The van der Waals surface area contributed by atoms with E-state index >= 15 is 0 Å². The predicted molar refractivity (Wildman–Crippen MR) is 123 cm³/mol. The van der Waals surface area contributed by atoms with Gasteiger partial charge in [-0.3, -0.25) is 4.79 Å². The summed E-state index contributed by atoms with van der Waals surface area (Å²) >= 11 is 0. The molecule has 0 fully saturated rings. The molecule has 0 spiro atoms. The Morgan fingerprint density at radius 2 is 1.72 bits per heavy atom. The third-order valence-electron chi connectivity index (χ3n) is 4.89. The van der Waals surface area contributed by atoms with Crippen molar-refractivity contribution in [1.82, 2.24) is 5.43 Å². The summed E-state index contributed by atoms with van der Waals surface area (Å²) in [6.45, 7) is 0.284. The highest BCUT2D eigenvalue weighted by atomic mass is 19.1. The average molecular weight is 428 g/mol. The van der Waals surface area contributed by atoms with Crippen LogP contribution in [-0.2, 0) is 6.61 Å². The van der Waals surface area contributed by atoms with E-state index in [1.165, 1.54) is 18.3 Å². The van der Waals surface area contributed by atoms with Gasteiger partial charge in [-0.25, -0.2) is 9.82 Å². The normalized spacial score (nSPS) is 10.9. The molecule has 0 aliphatic heterocycles. The second-order valence-electron chi connectivity index (χ2n) is 7.09. The molecule has 32 heavy (non-hydrogen) atoms. The fourth-order valence-electron chi connectivity index (χ4n) is 3.19. The van der Waals surface area contributed by atoms with Gasteiger partial charge in [0.1, 0.15) is 12.4 Å². The minimum absolute atomic E-state index is 0.284. The van der Waals surface area contributed by atoms with Gasteiger partial charge in [0.05, 0.1) is 13.3 Å². The van der Waals surface area contributed by atoms with Crippen molar-refractivity contribution in [2.45, 2.75) is 6.61 Å². The van der Waals surface area contributed by atoms with Gasteiger partial charge < -0.3 is 9.47 Å². The number of carbonyl (C=O) groups is 1. The van der Waals surface area contributed by atoms with Gasteiger partial charge in [0.2, 0.25) is 0 Å². The number of amides is 1. The van der Waals surface area contributed by atoms with Gasteiger partial charge >= 0.3 is 0 Å². The van der Waals surface area contributed by atoms with Crippen molar-refractivity contribution in [3.63, 3.8) is 0 Å². The second-order valence-corrected chi connectivity index (χ2v) is 7.09. The van der Waals surface area contributed by atoms with E-state index in [1.807, 2.05) is 36.4 Å². The molecule has 0 radical (unpaired) electrons. The molecule has 160 valence electrons. The quantitative estimate of drug-likeness (QED) is 0.320. The van der Waals surface area contributed by atoms with Crippen LogP contribution in [0.5, 0.6) is 11.5 Å². The minimum atomic E-state index is -0.293. The molecule has 1 amide bonds. The van der Waals surface area contributed by atoms with Crippen molar-refractivity contribution >= 4 is 22.9 Å². The Balaban J connectivity index is 1.39. The number of nitrogens with zero attached hydrogens (tertiary/aromatic N) is 1. The van der Waals surface area contributed by atoms with E-state index in [9.17, 15) is 9.18 Å². The van der Waals surface area contributed by atoms with Gasteiger partial charge in [-0.1, -0.05) is 42.5 Å². The molecule has 6 heteroatoms. The maximum atomic E-state index is 13.0. The molecule has 0 saturated carbocycles. The van der Waals surface area contributed by atoms with Crippen molar-refractivity contribution in [2.75, 3.05) is 7.11 Å². The van der Waals surface area contributed by atoms with Crippen LogP contribution in [0.15, 0.2) is 90.0 Å². The first-order chi connectivity index (χ1) is 15.6. The third kappa shape index (κ3) is 5.10. The van der Waals surface area contributed by atoms with Crippen molar-refractivity contribution < 1.29 is 18.7 Å². The van der Waals surface area contributed by atoms with Crippen LogP contribution in [0.4, 0.5) is 4.39 Å². The van der Waals surface area contributed by atoms with Gasteiger partial charge in [-0.2, -0.15) is 5.10 Å². The summed E-state index contributed by atoms with van der Waals surface area (Å²) in [5, 5.41) is 6.11. The average Bonchev–Trinajstić information content (AvgIpc) is 2.83. The summed E-state index contributed by atoms with van der Waals surface area (Å²) < 4.78 is 24.2. The zero-order valence-corrected chi connectivity index (χ0v) is 17.4. The van der Waals surface area contributed by atoms with E-state index in [1.54, 1.807) is 43.5 Å². The molecule has 5 nitrogen and oxygen atoms in total. The highest BCUT2D eigenvalue weighted by Crippen LogP contribution is 2.28. The van der Waals surface area contributed by atoms with Crippen LogP contribution in [0.25, 0.3) is 10.8 Å². The molecule has 0 aromatic heterocycles. The highest BCUT2D eigenvalue weighted by molar-refractivity contribution is 5.99. The predicted octanol–water partition coefficient (Wildman–Crippen LogP) is 5.33. The maximum absolute atomic E-state index is 13.0. The lowest BCUT2D eigenvalue weighted by molar-refractivity contribution is 0.0955. The minimum Gasteiger partial charge on any atom is -0.493 e. The molecule has 0 atom stereocenters. The van der Waals surface area contributed by atoms with Gasteiger partial charge in [-0.05, 0) is 64.4 Å². The fourth-order valence-corrected chi connectivity index (χ4v) is 3.19. The van der Waals surface area contributed by atoms with Gasteiger partial charge in [-0.15, -0.1) is 0 Å². The highest BCUT2D eigenvalue weighted by Gasteiger charge is 2.07. The molecule has 0 aliphatic rings. The van der Waals surface area contributed by atoms with E-state index in [2.05, 4.69) is 10.5 Å². The lowest BCUT2D eigenvalue weighted by Gasteiger charge is -2.11. The molecular weight excluding hydrogens is 407 g/mol. The monoisotopic (exact) mass is 428 g/mol. The Labute approximate surface area is 185 Å². The topological polar surface area (TPSA) is 59.9 Å². The van der Waals surface area contributed by atoms with E-state index in [-0.39, 0.29) is 18.3 Å². The first kappa shape index (κ1) is 21.1. The Morgan fingerprint density at radius 3 is 2.50 bits per heavy atom. The van der Waals surface area contributed by atoms with Crippen molar-refractivity contribution in [1.29, 1.82) is 0 Å². The number of benzene rings is 4. The van der Waals surface area contributed by atoms with Crippen LogP contribution < -0.4 is 14.9 Å². The molecular formula is C26H21FN2O3. The molecule has 0 bridgehead atoms. The fraction of sp³-hybridized carbons (Fsp3) is 0.0769. The van der Waals surface area contributed by atoms with E-state index in [4.69, 9.17) is 9.47 Å². The molecule has 0 aliphatic carbocycles. The summed E-state index contributed by atoms with van der Waals surface area (Å²) in [5.74, 6) is 0.493. The van der Waals surface area contributed by atoms with Crippen LogP contribution in [-0.4, -0.2) is 19.2 Å². The number of fused-ring (bicyclic) bond motifs is 1. The van der Waals surface area contributed by atoms with E-state index in [0.717, 1.165) is 21.9 Å². The molecule has 0 heterocycles. The summed E-state index contributed by atoms with van der Waals surface area (Å²) in [6.07, 6.45) is 1.53. The van der Waals surface area contributed by atoms with Crippen LogP contribution in [0.2, 0.25) is 0 Å². The van der Waals surface area contributed by atoms with Crippen molar-refractivity contribution in [3.8, 4) is 11.5 Å². The number of hydrazone groups is 1. The van der Waals surface area contributed by atoms with Crippen LogP contribution in [0.1, 0.15) is 21.5 Å². The molecule has 4 rings (SSSR count). The Bertz CT molecular complexity index is 1270. The van der Waals surface area contributed by atoms with Gasteiger partial charge in [0, 0.05) is 5.56 Å². The number of methoxy groups -OCH3 is 1.